The average Bonchev–Trinajstić information content (AvgIpc) is 2.50. The molecule has 1 fully saturated rings. The first-order valence-corrected chi connectivity index (χ1v) is 7.62. The first kappa shape index (κ1) is 18.2. The molecule has 1 aliphatic carbocycles. The Morgan fingerprint density at radius 1 is 1.23 bits per heavy atom. The van der Waals surface area contributed by atoms with Gasteiger partial charge in [0, 0.05) is 5.57 Å². The van der Waals surface area contributed by atoms with Crippen molar-refractivity contribution in [1.82, 2.24) is 0 Å². The first-order chi connectivity index (χ1) is 10.4. The van der Waals surface area contributed by atoms with Crippen molar-refractivity contribution >= 4 is 17.9 Å². The van der Waals surface area contributed by atoms with Crippen molar-refractivity contribution in [2.75, 3.05) is 6.61 Å². The van der Waals surface area contributed by atoms with Crippen LogP contribution in [0.2, 0.25) is 0 Å². The Bertz CT molecular complexity index is 442. The largest absolute Gasteiger partial charge is 0.481 e. The van der Waals surface area contributed by atoms with Crippen molar-refractivity contribution in [2.24, 2.45) is 11.8 Å². The maximum Gasteiger partial charge on any atom is 0.333 e. The maximum atomic E-state index is 12.1. The summed E-state index contributed by atoms with van der Waals surface area (Å²) in [6.45, 7) is 6.79. The zero-order valence-electron chi connectivity index (χ0n) is 13.2. The van der Waals surface area contributed by atoms with Crippen LogP contribution in [0.4, 0.5) is 0 Å². The van der Waals surface area contributed by atoms with E-state index in [2.05, 4.69) is 6.58 Å². The van der Waals surface area contributed by atoms with Crippen LogP contribution in [0.25, 0.3) is 0 Å². The van der Waals surface area contributed by atoms with Crippen LogP contribution in [0.1, 0.15) is 46.0 Å². The fourth-order valence-corrected chi connectivity index (χ4v) is 2.48. The van der Waals surface area contributed by atoms with E-state index in [1.54, 1.807) is 6.92 Å². The lowest BCUT2D eigenvalue weighted by molar-refractivity contribution is -0.165. The van der Waals surface area contributed by atoms with Gasteiger partial charge in [0.15, 0.2) is 0 Å². The highest BCUT2D eigenvalue weighted by Gasteiger charge is 2.37. The number of hydrogen-bond donors (Lipinski definition) is 1. The number of rotatable bonds is 7. The zero-order valence-corrected chi connectivity index (χ0v) is 13.2. The minimum absolute atomic E-state index is 0.0583. The predicted octanol–water partition coefficient (Wildman–Crippen LogP) is 2.32. The minimum Gasteiger partial charge on any atom is -0.481 e. The fraction of sp³-hybridized carbons (Fsp3) is 0.688. The summed E-state index contributed by atoms with van der Waals surface area (Å²) in [5.74, 6) is -3.29. The van der Waals surface area contributed by atoms with Crippen LogP contribution in [0.5, 0.6) is 0 Å². The van der Waals surface area contributed by atoms with Gasteiger partial charge in [0.25, 0.3) is 0 Å². The third-order valence-corrected chi connectivity index (χ3v) is 3.87. The molecule has 0 amide bonds. The van der Waals surface area contributed by atoms with Crippen molar-refractivity contribution in [2.45, 2.75) is 52.1 Å². The molecule has 0 aliphatic heterocycles. The molecule has 0 radical (unpaired) electrons. The number of carboxylic acids is 1. The molecule has 1 rings (SSSR count). The Labute approximate surface area is 130 Å². The third-order valence-electron chi connectivity index (χ3n) is 3.87. The Hall–Kier alpha value is -1.85. The van der Waals surface area contributed by atoms with Gasteiger partial charge < -0.3 is 14.6 Å². The molecular weight excluding hydrogens is 288 g/mol. The highest BCUT2D eigenvalue weighted by Crippen LogP contribution is 2.31. The van der Waals surface area contributed by atoms with E-state index in [1.165, 1.54) is 0 Å². The monoisotopic (exact) mass is 312 g/mol. The molecule has 0 spiro atoms. The standard InChI is InChI=1S/C16H24O6/c1-4-11(22-15(19)10(2)3)9-21-16(20)13-8-6-5-7-12(13)14(17)18/h11-13H,2,4-9H2,1,3H3,(H,17,18). The quantitative estimate of drug-likeness (QED) is 0.573. The van der Waals surface area contributed by atoms with E-state index in [1.807, 2.05) is 6.92 Å². The number of carbonyl (C=O) groups is 3. The topological polar surface area (TPSA) is 89.9 Å². The highest BCUT2D eigenvalue weighted by molar-refractivity contribution is 5.87. The molecule has 1 N–H and O–H groups in total. The summed E-state index contributed by atoms with van der Waals surface area (Å²) < 4.78 is 10.3. The van der Waals surface area contributed by atoms with E-state index in [0.717, 1.165) is 12.8 Å². The third kappa shape index (κ3) is 5.16. The van der Waals surface area contributed by atoms with Crippen LogP contribution in [0, 0.1) is 11.8 Å². The van der Waals surface area contributed by atoms with Gasteiger partial charge in [-0.15, -0.1) is 0 Å². The summed E-state index contributed by atoms with van der Waals surface area (Å²) >= 11 is 0. The molecule has 1 aliphatic rings. The second-order valence-corrected chi connectivity index (χ2v) is 5.68. The number of aliphatic carboxylic acids is 1. The summed E-state index contributed by atoms with van der Waals surface area (Å²) in [6, 6.07) is 0. The Kier molecular flexibility index (Phi) is 7.08. The molecule has 0 saturated heterocycles. The van der Waals surface area contributed by atoms with Gasteiger partial charge in [-0.1, -0.05) is 26.3 Å². The van der Waals surface area contributed by atoms with E-state index >= 15 is 0 Å². The van der Waals surface area contributed by atoms with E-state index in [4.69, 9.17) is 9.47 Å². The van der Waals surface area contributed by atoms with Gasteiger partial charge in [0.2, 0.25) is 0 Å². The van der Waals surface area contributed by atoms with Crippen molar-refractivity contribution < 1.29 is 29.0 Å². The van der Waals surface area contributed by atoms with Crippen molar-refractivity contribution in [3.63, 3.8) is 0 Å². The molecular formula is C16H24O6. The summed E-state index contributed by atoms with van der Waals surface area (Å²) in [5.41, 5.74) is 0.281. The lowest BCUT2D eigenvalue weighted by Crippen LogP contribution is -2.35. The van der Waals surface area contributed by atoms with Crippen LogP contribution < -0.4 is 0 Å². The molecule has 22 heavy (non-hydrogen) atoms. The molecule has 6 nitrogen and oxygen atoms in total. The molecule has 3 atom stereocenters. The fourth-order valence-electron chi connectivity index (χ4n) is 2.48. The normalized spacial score (nSPS) is 22.5. The van der Waals surface area contributed by atoms with E-state index in [0.29, 0.717) is 19.3 Å². The Morgan fingerprint density at radius 3 is 2.32 bits per heavy atom. The minimum atomic E-state index is -0.956. The number of carboxylic acid groups (broad SMARTS) is 1. The predicted molar refractivity (Wildman–Crippen MR) is 79.0 cm³/mol. The highest BCUT2D eigenvalue weighted by atomic mass is 16.6. The van der Waals surface area contributed by atoms with Crippen molar-refractivity contribution in [3.8, 4) is 0 Å². The molecule has 0 aromatic carbocycles. The second kappa shape index (κ2) is 8.56. The van der Waals surface area contributed by atoms with Gasteiger partial charge in [-0.3, -0.25) is 9.59 Å². The van der Waals surface area contributed by atoms with Crippen molar-refractivity contribution in [1.29, 1.82) is 0 Å². The van der Waals surface area contributed by atoms with Crippen LogP contribution in [-0.4, -0.2) is 35.7 Å². The molecule has 1 saturated carbocycles. The second-order valence-electron chi connectivity index (χ2n) is 5.68. The molecule has 0 bridgehead atoms. The Morgan fingerprint density at radius 2 is 1.82 bits per heavy atom. The molecule has 6 heteroatoms. The number of esters is 2. The molecule has 0 aromatic heterocycles. The van der Waals surface area contributed by atoms with Crippen LogP contribution in [0.15, 0.2) is 12.2 Å². The zero-order chi connectivity index (χ0) is 16.7. The van der Waals surface area contributed by atoms with Crippen LogP contribution in [-0.2, 0) is 23.9 Å². The smallest absolute Gasteiger partial charge is 0.333 e. The van der Waals surface area contributed by atoms with Gasteiger partial charge in [-0.05, 0) is 26.2 Å². The van der Waals surface area contributed by atoms with Gasteiger partial charge in [0.05, 0.1) is 11.8 Å². The number of hydrogen-bond acceptors (Lipinski definition) is 5. The summed E-state index contributed by atoms with van der Waals surface area (Å²) in [4.78, 5) is 34.8. The van der Waals surface area contributed by atoms with Crippen LogP contribution >= 0.6 is 0 Å². The van der Waals surface area contributed by atoms with Crippen molar-refractivity contribution in [3.05, 3.63) is 12.2 Å². The summed E-state index contributed by atoms with van der Waals surface area (Å²) in [7, 11) is 0. The summed E-state index contributed by atoms with van der Waals surface area (Å²) in [5, 5.41) is 9.17. The van der Waals surface area contributed by atoms with Gasteiger partial charge in [-0.2, -0.15) is 0 Å². The molecule has 3 unspecified atom stereocenters. The lowest BCUT2D eigenvalue weighted by atomic mass is 9.79. The summed E-state index contributed by atoms with van der Waals surface area (Å²) in [6.07, 6.45) is 2.62. The lowest BCUT2D eigenvalue weighted by Gasteiger charge is -2.27. The molecule has 124 valence electrons. The van der Waals surface area contributed by atoms with E-state index in [-0.39, 0.29) is 12.2 Å². The van der Waals surface area contributed by atoms with Gasteiger partial charge in [-0.25, -0.2) is 4.79 Å². The average molecular weight is 312 g/mol. The molecule has 0 aromatic rings. The molecule has 0 heterocycles. The number of carbonyl (C=O) groups excluding carboxylic acids is 2. The first-order valence-electron chi connectivity index (χ1n) is 7.62. The van der Waals surface area contributed by atoms with Gasteiger partial charge >= 0.3 is 17.9 Å². The van der Waals surface area contributed by atoms with Gasteiger partial charge in [0.1, 0.15) is 12.7 Å². The van der Waals surface area contributed by atoms with E-state index in [9.17, 15) is 19.5 Å². The van der Waals surface area contributed by atoms with E-state index < -0.39 is 35.8 Å². The van der Waals surface area contributed by atoms with Crippen LogP contribution in [0.3, 0.4) is 0 Å². The number of ether oxygens (including phenoxy) is 2. The SMILES string of the molecule is C=C(C)C(=O)OC(CC)COC(=O)C1CCCCC1C(=O)O. The maximum absolute atomic E-state index is 12.1. The Balaban J connectivity index is 2.53.